The molecule has 6 rings (SSSR count). The quantitative estimate of drug-likeness (QED) is 0.494. The number of amides is 2. The number of fused-ring (bicyclic) bond motifs is 5. The number of benzene rings is 1. The van der Waals surface area contributed by atoms with Crippen LogP contribution in [0.5, 0.6) is 11.6 Å². The summed E-state index contributed by atoms with van der Waals surface area (Å²) in [5.74, 6) is 0.676. The topological polar surface area (TPSA) is 129 Å². The van der Waals surface area contributed by atoms with Gasteiger partial charge in [0.25, 0.3) is 0 Å². The van der Waals surface area contributed by atoms with Gasteiger partial charge in [-0.3, -0.25) is 9.59 Å². The van der Waals surface area contributed by atoms with Crippen LogP contribution < -0.4 is 14.8 Å². The van der Waals surface area contributed by atoms with E-state index < -0.39 is 29.7 Å². The van der Waals surface area contributed by atoms with Crippen molar-refractivity contribution in [2.45, 2.75) is 109 Å². The molecule has 0 radical (unpaired) electrons. The average Bonchev–Trinajstić information content (AvgIpc) is 3.62. The molecule has 6 atom stereocenters. The third-order valence-electron chi connectivity index (χ3n) is 10.8. The lowest BCUT2D eigenvalue weighted by atomic mass is 9.75. The Morgan fingerprint density at radius 3 is 2.54 bits per heavy atom. The number of ketones is 1. The van der Waals surface area contributed by atoms with Crippen LogP contribution in [0.4, 0.5) is 4.79 Å². The molecule has 3 aliphatic heterocycles. The highest BCUT2D eigenvalue weighted by Crippen LogP contribution is 2.39. The molecule has 2 aromatic rings. The summed E-state index contributed by atoms with van der Waals surface area (Å²) in [6, 6.07) is 4.03. The van der Waals surface area contributed by atoms with Crippen molar-refractivity contribution in [2.75, 3.05) is 26.9 Å². The van der Waals surface area contributed by atoms with Crippen LogP contribution >= 0.6 is 0 Å². The number of alkyl carbamates (subject to hydrolysis) is 1. The highest BCUT2D eigenvalue weighted by Gasteiger charge is 2.51. The van der Waals surface area contributed by atoms with Gasteiger partial charge < -0.3 is 29.2 Å². The summed E-state index contributed by atoms with van der Waals surface area (Å²) in [7, 11) is 1.61. The van der Waals surface area contributed by atoms with Crippen LogP contribution in [-0.2, 0) is 25.5 Å². The number of aryl methyl sites for hydroxylation is 1. The standard InChI is InChI=1S/C35H48N4O7/c1-21-29-20-39(30(21)22(2)40)33(41)31(35(3)15-17-44-18-16-35)38-34(42)46-28-12-8-10-23(28)9-6-5-7-11-26-32(45-29)37-27-19-24(43-4)13-14-25(27)36-26/h13-14,19,21,23,28-31H,5-12,15-18,20H2,1-4H3,(H,38,42)/t21-,23-,28-,29+,30+,31-/m1/s1. The Kier molecular flexibility index (Phi) is 9.68. The molecule has 1 saturated carbocycles. The van der Waals surface area contributed by atoms with Crippen molar-refractivity contribution >= 4 is 28.8 Å². The van der Waals surface area contributed by atoms with Gasteiger partial charge in [0.05, 0.1) is 30.7 Å². The molecule has 1 N–H and O–H groups in total. The van der Waals surface area contributed by atoms with Crippen molar-refractivity contribution in [2.24, 2.45) is 17.3 Å². The van der Waals surface area contributed by atoms with Crippen molar-refractivity contribution in [3.05, 3.63) is 23.9 Å². The second-order valence-corrected chi connectivity index (χ2v) is 14.0. The molecule has 2 saturated heterocycles. The minimum Gasteiger partial charge on any atom is -0.497 e. The summed E-state index contributed by atoms with van der Waals surface area (Å²) in [6.45, 7) is 6.65. The van der Waals surface area contributed by atoms with Crippen molar-refractivity contribution in [1.29, 1.82) is 0 Å². The van der Waals surface area contributed by atoms with Crippen LogP contribution in [0.1, 0.15) is 84.3 Å². The molecule has 0 spiro atoms. The molecule has 1 aromatic heterocycles. The van der Waals surface area contributed by atoms with E-state index in [0.29, 0.717) is 55.5 Å². The molecule has 4 aliphatic rings. The van der Waals surface area contributed by atoms with Crippen LogP contribution in [0.15, 0.2) is 18.2 Å². The summed E-state index contributed by atoms with van der Waals surface area (Å²) >= 11 is 0. The molecule has 1 aromatic carbocycles. The summed E-state index contributed by atoms with van der Waals surface area (Å²) in [5.41, 5.74) is 1.63. The first-order valence-corrected chi connectivity index (χ1v) is 17.0. The monoisotopic (exact) mass is 636 g/mol. The third kappa shape index (κ3) is 6.66. The highest BCUT2D eigenvalue weighted by molar-refractivity contribution is 5.92. The number of methoxy groups -OCH3 is 1. The van der Waals surface area contributed by atoms with E-state index in [-0.39, 0.29) is 30.3 Å². The van der Waals surface area contributed by atoms with E-state index in [4.69, 9.17) is 28.9 Å². The summed E-state index contributed by atoms with van der Waals surface area (Å²) in [5, 5.41) is 3.00. The van der Waals surface area contributed by atoms with Crippen LogP contribution in [0.25, 0.3) is 11.0 Å². The molecule has 250 valence electrons. The predicted molar refractivity (Wildman–Crippen MR) is 171 cm³/mol. The van der Waals surface area contributed by atoms with Gasteiger partial charge in [0.2, 0.25) is 11.8 Å². The fourth-order valence-electron chi connectivity index (χ4n) is 7.98. The van der Waals surface area contributed by atoms with Gasteiger partial charge in [-0.1, -0.05) is 26.7 Å². The second-order valence-electron chi connectivity index (χ2n) is 14.0. The van der Waals surface area contributed by atoms with Crippen LogP contribution in [0.3, 0.4) is 0 Å². The zero-order chi connectivity index (χ0) is 32.4. The first kappa shape index (κ1) is 32.5. The van der Waals surface area contributed by atoms with E-state index in [1.54, 1.807) is 12.0 Å². The SMILES string of the molecule is COc1ccc2nc3c(nc2c1)O[C@H]1CN(C(=O)[C@H](C2(C)CCOCC2)NC(=O)O[C@@H]2CCC[C@H]2CCCCC3)[C@H](C(C)=O)[C@@H]1C. The van der Waals surface area contributed by atoms with E-state index in [1.165, 1.54) is 6.92 Å². The molecule has 2 amide bonds. The van der Waals surface area contributed by atoms with Gasteiger partial charge in [0.15, 0.2) is 5.78 Å². The van der Waals surface area contributed by atoms with Crippen molar-refractivity contribution < 1.29 is 33.3 Å². The van der Waals surface area contributed by atoms with Gasteiger partial charge in [0.1, 0.15) is 29.7 Å². The van der Waals surface area contributed by atoms with Crippen LogP contribution in [-0.4, -0.2) is 83.8 Å². The average molecular weight is 637 g/mol. The zero-order valence-electron chi connectivity index (χ0n) is 27.6. The fourth-order valence-corrected chi connectivity index (χ4v) is 7.98. The van der Waals surface area contributed by atoms with Crippen molar-refractivity contribution in [3.8, 4) is 11.6 Å². The molecule has 0 unspecified atom stereocenters. The molecule has 3 fully saturated rings. The zero-order valence-corrected chi connectivity index (χ0v) is 27.6. The molecule has 4 heterocycles. The Hall–Kier alpha value is -3.47. The first-order valence-electron chi connectivity index (χ1n) is 17.0. The van der Waals surface area contributed by atoms with Crippen LogP contribution in [0.2, 0.25) is 0 Å². The largest absolute Gasteiger partial charge is 0.497 e. The highest BCUT2D eigenvalue weighted by atomic mass is 16.6. The van der Waals surface area contributed by atoms with E-state index >= 15 is 0 Å². The Morgan fingerprint density at radius 2 is 1.78 bits per heavy atom. The Morgan fingerprint density at radius 1 is 1.00 bits per heavy atom. The lowest BCUT2D eigenvalue weighted by molar-refractivity contribution is -0.143. The summed E-state index contributed by atoms with van der Waals surface area (Å²) in [6.07, 6.45) is 7.48. The maximum atomic E-state index is 14.6. The fraction of sp³-hybridized carbons (Fsp3) is 0.686. The third-order valence-corrected chi connectivity index (χ3v) is 10.8. The second kappa shape index (κ2) is 13.7. The molecule has 11 nitrogen and oxygen atoms in total. The normalized spacial score (nSPS) is 30.7. The Bertz CT molecular complexity index is 1440. The van der Waals surface area contributed by atoms with E-state index in [0.717, 1.165) is 56.2 Å². The van der Waals surface area contributed by atoms with Gasteiger partial charge >= 0.3 is 6.09 Å². The van der Waals surface area contributed by atoms with Gasteiger partial charge in [0, 0.05) is 30.6 Å². The van der Waals surface area contributed by atoms with Crippen LogP contribution in [0, 0.1) is 17.3 Å². The van der Waals surface area contributed by atoms with Gasteiger partial charge in [-0.25, -0.2) is 14.8 Å². The number of hydrogen-bond acceptors (Lipinski definition) is 9. The molecule has 46 heavy (non-hydrogen) atoms. The number of aromatic nitrogens is 2. The smallest absolute Gasteiger partial charge is 0.408 e. The van der Waals surface area contributed by atoms with Crippen molar-refractivity contribution in [1.82, 2.24) is 20.2 Å². The number of hydrogen-bond donors (Lipinski definition) is 1. The van der Waals surface area contributed by atoms with Gasteiger partial charge in [-0.15, -0.1) is 0 Å². The lowest BCUT2D eigenvalue weighted by Gasteiger charge is -2.42. The summed E-state index contributed by atoms with van der Waals surface area (Å²) < 4.78 is 23.8. The number of carbonyl (C=O) groups is 3. The molecular formula is C35H48N4O7. The van der Waals surface area contributed by atoms with E-state index in [2.05, 4.69) is 5.32 Å². The van der Waals surface area contributed by atoms with Gasteiger partial charge in [-0.05, 0) is 76.3 Å². The number of nitrogens with one attached hydrogen (secondary N) is 1. The number of Topliss-reactive ketones (excluding diaryl/α,β-unsaturated/α-hetero) is 1. The number of ether oxygens (including phenoxy) is 4. The summed E-state index contributed by atoms with van der Waals surface area (Å²) in [4.78, 5) is 52.7. The van der Waals surface area contributed by atoms with E-state index in [9.17, 15) is 14.4 Å². The maximum absolute atomic E-state index is 14.6. The van der Waals surface area contributed by atoms with Crippen molar-refractivity contribution in [3.63, 3.8) is 0 Å². The van der Waals surface area contributed by atoms with E-state index in [1.807, 2.05) is 32.0 Å². The minimum atomic E-state index is -0.876. The molecule has 2 bridgehead atoms. The Balaban J connectivity index is 1.37. The maximum Gasteiger partial charge on any atom is 0.408 e. The molecular weight excluding hydrogens is 588 g/mol. The number of carbonyl (C=O) groups excluding carboxylic acids is 3. The molecule has 1 aliphatic carbocycles. The first-order chi connectivity index (χ1) is 22.2. The Labute approximate surface area is 271 Å². The number of nitrogens with zero attached hydrogens (tertiary/aromatic N) is 3. The number of rotatable bonds is 3. The van der Waals surface area contributed by atoms with Gasteiger partial charge in [-0.2, -0.15) is 0 Å². The predicted octanol–water partition coefficient (Wildman–Crippen LogP) is 5.02. The minimum absolute atomic E-state index is 0.125. The lowest BCUT2D eigenvalue weighted by Crippen LogP contribution is -2.59. The molecule has 11 heteroatoms.